The zero-order valence-electron chi connectivity index (χ0n) is 5.97. The third kappa shape index (κ3) is 2.27. The highest BCUT2D eigenvalue weighted by Crippen LogP contribution is 1.89. The Morgan fingerprint density at radius 2 is 1.75 bits per heavy atom. The van der Waals surface area contributed by atoms with E-state index in [4.69, 9.17) is 0 Å². The molecule has 0 spiro atoms. The maximum atomic E-state index is 2.66. The quantitative estimate of drug-likeness (QED) is 0.196. The van der Waals surface area contributed by atoms with Crippen LogP contribution in [-0.2, 0) is 0 Å². The highest BCUT2D eigenvalue weighted by molar-refractivity contribution is 7.39. The van der Waals surface area contributed by atoms with Gasteiger partial charge in [-0.05, 0) is 9.24 Å². The van der Waals surface area contributed by atoms with Gasteiger partial charge in [-0.1, -0.05) is 0 Å². The summed E-state index contributed by atoms with van der Waals surface area (Å²) in [7, 11) is 10.7. The summed E-state index contributed by atoms with van der Waals surface area (Å²) in [5.41, 5.74) is 1.19. The Morgan fingerprint density at radius 1 is 1.38 bits per heavy atom. The van der Waals surface area contributed by atoms with Crippen molar-refractivity contribution in [1.82, 2.24) is 4.90 Å². The summed E-state index contributed by atoms with van der Waals surface area (Å²) in [5, 5.41) is 0. The maximum absolute atomic E-state index is 2.66. The predicted molar refractivity (Wildman–Crippen MR) is 40.5 cm³/mol. The molecule has 0 aliphatic carbocycles. The second-order valence-electron chi connectivity index (χ2n) is 2.15. The number of rotatable bonds is 0. The lowest BCUT2D eigenvalue weighted by atomic mass is 10.9. The van der Waals surface area contributed by atoms with E-state index >= 15 is 0 Å². The third-order valence-electron chi connectivity index (χ3n) is 0.916. The molecule has 0 aromatic rings. The van der Waals surface area contributed by atoms with Crippen LogP contribution in [-0.4, -0.2) is 43.2 Å². The first-order chi connectivity index (χ1) is 3.55. The van der Waals surface area contributed by atoms with Crippen molar-refractivity contribution in [3.8, 4) is 0 Å². The first kappa shape index (κ1) is 7.90. The van der Waals surface area contributed by atoms with Gasteiger partial charge in [-0.2, -0.15) is 0 Å². The van der Waals surface area contributed by atoms with Crippen molar-refractivity contribution in [3.05, 3.63) is 0 Å². The van der Waals surface area contributed by atoms with Crippen molar-refractivity contribution in [2.24, 2.45) is 0 Å². The molecule has 0 amide bonds. The Morgan fingerprint density at radius 3 is 1.75 bits per heavy atom. The van der Waals surface area contributed by atoms with Crippen LogP contribution in [0.2, 0.25) is 0 Å². The molecule has 3 heteroatoms. The van der Waals surface area contributed by atoms with Crippen LogP contribution in [0.15, 0.2) is 0 Å². The van der Waals surface area contributed by atoms with E-state index in [2.05, 4.69) is 9.24 Å². The lowest BCUT2D eigenvalue weighted by Crippen LogP contribution is -2.23. The fourth-order valence-corrected chi connectivity index (χ4v) is 0.400. The van der Waals surface area contributed by atoms with E-state index in [1.807, 2.05) is 37.7 Å². The minimum Gasteiger partial charge on any atom is -0.268 e. The Hall–Kier alpha value is -0.100. The maximum Gasteiger partial charge on any atom is 0.259 e. The van der Waals surface area contributed by atoms with Crippen molar-refractivity contribution < 1.29 is 4.58 Å². The fourth-order valence-electron chi connectivity index (χ4n) is 0.400. The Bertz CT molecular complexity index is 103. The SMILES string of the molecule is CN(C)C(P)=[N+](C)C. The van der Waals surface area contributed by atoms with Crippen molar-refractivity contribution >= 4 is 14.8 Å². The van der Waals surface area contributed by atoms with Crippen LogP contribution in [0.4, 0.5) is 0 Å². The van der Waals surface area contributed by atoms with E-state index in [0.29, 0.717) is 0 Å². The highest BCUT2D eigenvalue weighted by atomic mass is 31.0. The minimum atomic E-state index is 1.19. The molecule has 1 unspecified atom stereocenters. The monoisotopic (exact) mass is 133 g/mol. The molecule has 0 aromatic heterocycles. The van der Waals surface area contributed by atoms with Gasteiger partial charge in [-0.25, -0.2) is 0 Å². The molecule has 0 saturated carbocycles. The van der Waals surface area contributed by atoms with Gasteiger partial charge in [0.05, 0.1) is 28.2 Å². The molecule has 0 aliphatic rings. The smallest absolute Gasteiger partial charge is 0.259 e. The molecular formula is C5H14N2P+. The van der Waals surface area contributed by atoms with E-state index < -0.39 is 0 Å². The summed E-state index contributed by atoms with van der Waals surface area (Å²) >= 11 is 0. The molecule has 0 rings (SSSR count). The second-order valence-corrected chi connectivity index (χ2v) is 2.66. The summed E-state index contributed by atoms with van der Waals surface area (Å²) in [5.74, 6) is 0. The summed E-state index contributed by atoms with van der Waals surface area (Å²) in [6.45, 7) is 0. The molecule has 1 atom stereocenters. The molecular weight excluding hydrogens is 119 g/mol. The van der Waals surface area contributed by atoms with E-state index in [-0.39, 0.29) is 0 Å². The lowest BCUT2D eigenvalue weighted by Gasteiger charge is -2.04. The molecule has 8 heavy (non-hydrogen) atoms. The largest absolute Gasteiger partial charge is 0.268 e. The van der Waals surface area contributed by atoms with Gasteiger partial charge in [-0.3, -0.25) is 9.48 Å². The summed E-state index contributed by atoms with van der Waals surface area (Å²) in [6.07, 6.45) is 0. The summed E-state index contributed by atoms with van der Waals surface area (Å²) in [4.78, 5) is 2.05. The van der Waals surface area contributed by atoms with Crippen molar-refractivity contribution in [2.45, 2.75) is 0 Å². The van der Waals surface area contributed by atoms with E-state index in [1.54, 1.807) is 0 Å². The van der Waals surface area contributed by atoms with E-state index in [0.717, 1.165) is 0 Å². The molecule has 2 nitrogen and oxygen atoms in total. The normalized spacial score (nSPS) is 8.62. The Balaban J connectivity index is 4.00. The molecule has 0 radical (unpaired) electrons. The Kier molecular flexibility index (Phi) is 2.99. The van der Waals surface area contributed by atoms with Crippen LogP contribution < -0.4 is 0 Å². The van der Waals surface area contributed by atoms with Gasteiger partial charge in [0.25, 0.3) is 5.58 Å². The molecule has 0 fully saturated rings. The number of amidine groups is 1. The van der Waals surface area contributed by atoms with Crippen LogP contribution in [0.1, 0.15) is 0 Å². The van der Waals surface area contributed by atoms with Gasteiger partial charge < -0.3 is 0 Å². The lowest BCUT2D eigenvalue weighted by molar-refractivity contribution is -0.466. The topological polar surface area (TPSA) is 6.25 Å². The van der Waals surface area contributed by atoms with Gasteiger partial charge in [0.2, 0.25) is 0 Å². The van der Waals surface area contributed by atoms with Crippen LogP contribution in [0.5, 0.6) is 0 Å². The molecule has 0 N–H and O–H groups in total. The number of hydrogen-bond donors (Lipinski definition) is 0. The van der Waals surface area contributed by atoms with Gasteiger partial charge in [0.1, 0.15) is 0 Å². The Labute approximate surface area is 53.4 Å². The molecule has 0 heterocycles. The number of nitrogens with zero attached hydrogens (tertiary/aromatic N) is 2. The van der Waals surface area contributed by atoms with Gasteiger partial charge >= 0.3 is 0 Å². The second kappa shape index (κ2) is 3.03. The summed E-state index contributed by atoms with van der Waals surface area (Å²) in [6, 6.07) is 0. The van der Waals surface area contributed by atoms with Crippen LogP contribution >= 0.6 is 9.24 Å². The molecule has 0 saturated heterocycles. The molecule has 0 aromatic carbocycles. The zero-order chi connectivity index (χ0) is 6.73. The zero-order valence-corrected chi connectivity index (χ0v) is 7.13. The first-order valence-electron chi connectivity index (χ1n) is 2.52. The standard InChI is InChI=1S/C5H14N2P/c1-6(2)5(8)7(3)4/h8H2,1-4H3/q+1. The average molecular weight is 133 g/mol. The van der Waals surface area contributed by atoms with Crippen LogP contribution in [0.25, 0.3) is 0 Å². The van der Waals surface area contributed by atoms with E-state index in [1.165, 1.54) is 5.58 Å². The van der Waals surface area contributed by atoms with Crippen molar-refractivity contribution in [1.29, 1.82) is 0 Å². The fraction of sp³-hybridized carbons (Fsp3) is 0.800. The van der Waals surface area contributed by atoms with Crippen molar-refractivity contribution in [2.75, 3.05) is 28.2 Å². The predicted octanol–water partition coefficient (Wildman–Crippen LogP) is 0.0512. The van der Waals surface area contributed by atoms with Crippen molar-refractivity contribution in [3.63, 3.8) is 0 Å². The van der Waals surface area contributed by atoms with Gasteiger partial charge in [-0.15, -0.1) is 0 Å². The first-order valence-corrected chi connectivity index (χ1v) is 3.10. The van der Waals surface area contributed by atoms with Crippen LogP contribution in [0, 0.1) is 0 Å². The third-order valence-corrected chi connectivity index (χ3v) is 1.95. The molecule has 0 bridgehead atoms. The van der Waals surface area contributed by atoms with Gasteiger partial charge in [0.15, 0.2) is 0 Å². The van der Waals surface area contributed by atoms with E-state index in [9.17, 15) is 0 Å². The molecule has 48 valence electrons. The van der Waals surface area contributed by atoms with Gasteiger partial charge in [0, 0.05) is 0 Å². The number of hydrogen-bond acceptors (Lipinski definition) is 0. The van der Waals surface area contributed by atoms with Crippen LogP contribution in [0.3, 0.4) is 0 Å². The molecule has 0 aliphatic heterocycles. The average Bonchev–Trinajstić information content (AvgIpc) is 1.64. The summed E-state index contributed by atoms with van der Waals surface area (Å²) < 4.78 is 2.05. The minimum absolute atomic E-state index is 1.19. The highest BCUT2D eigenvalue weighted by Gasteiger charge is 1.99.